The third kappa shape index (κ3) is 1.80. The van der Waals surface area contributed by atoms with Crippen LogP contribution in [0.1, 0.15) is 18.7 Å². The second kappa shape index (κ2) is 3.69. The molecule has 1 unspecified atom stereocenters. The fourth-order valence-corrected chi connectivity index (χ4v) is 1.57. The van der Waals surface area contributed by atoms with Crippen molar-refractivity contribution in [2.45, 2.75) is 18.7 Å². The van der Waals surface area contributed by atoms with Gasteiger partial charge in [0.1, 0.15) is 6.23 Å². The second-order valence-electron chi connectivity index (χ2n) is 3.96. The summed E-state index contributed by atoms with van der Waals surface area (Å²) in [5.41, 5.74) is 0.796. The van der Waals surface area contributed by atoms with Gasteiger partial charge >= 0.3 is 0 Å². The predicted octanol–water partition coefficient (Wildman–Crippen LogP) is 1.06. The zero-order valence-electron chi connectivity index (χ0n) is 8.23. The number of nitrogens with one attached hydrogen (secondary N) is 1. The number of hydrogen-bond donors (Lipinski definition) is 2. The summed E-state index contributed by atoms with van der Waals surface area (Å²) in [6, 6.07) is 9.97. The number of benzene rings is 1. The first-order chi connectivity index (χ1) is 6.73. The van der Waals surface area contributed by atoms with Crippen LogP contribution in [0.25, 0.3) is 0 Å². The molecule has 2 atom stereocenters. The van der Waals surface area contributed by atoms with Crippen molar-refractivity contribution in [3.05, 3.63) is 35.9 Å². The summed E-state index contributed by atoms with van der Waals surface area (Å²) in [5.74, 6) is 0. The van der Waals surface area contributed by atoms with Crippen LogP contribution in [-0.2, 0) is 4.74 Å². The van der Waals surface area contributed by atoms with E-state index in [1.165, 1.54) is 0 Å². The molecule has 1 fully saturated rings. The van der Waals surface area contributed by atoms with Crippen molar-refractivity contribution in [3.8, 4) is 0 Å². The molecule has 2 rings (SSSR count). The van der Waals surface area contributed by atoms with E-state index >= 15 is 0 Å². The Morgan fingerprint density at radius 3 is 2.79 bits per heavy atom. The van der Waals surface area contributed by atoms with Gasteiger partial charge in [-0.1, -0.05) is 30.3 Å². The quantitative estimate of drug-likeness (QED) is 0.738. The van der Waals surface area contributed by atoms with Gasteiger partial charge < -0.3 is 9.84 Å². The first-order valence-corrected chi connectivity index (χ1v) is 4.79. The highest BCUT2D eigenvalue weighted by atomic mass is 16.5. The summed E-state index contributed by atoms with van der Waals surface area (Å²) in [5, 5.41) is 12.4. The molecular formula is C11H15NO2. The molecule has 2 N–H and O–H groups in total. The van der Waals surface area contributed by atoms with Gasteiger partial charge in [0.15, 0.2) is 0 Å². The SMILES string of the molecule is C[C@]1(CO)COC(c2ccccc2)N1. The first kappa shape index (κ1) is 9.65. The fraction of sp³-hybridized carbons (Fsp3) is 0.455. The van der Waals surface area contributed by atoms with Gasteiger partial charge in [0.2, 0.25) is 0 Å². The summed E-state index contributed by atoms with van der Waals surface area (Å²) in [6.07, 6.45) is -0.0895. The molecule has 0 radical (unpaired) electrons. The van der Waals surface area contributed by atoms with E-state index in [-0.39, 0.29) is 18.4 Å². The van der Waals surface area contributed by atoms with E-state index in [1.807, 2.05) is 37.3 Å². The lowest BCUT2D eigenvalue weighted by atomic mass is 10.1. The van der Waals surface area contributed by atoms with Crippen molar-refractivity contribution in [1.29, 1.82) is 0 Å². The zero-order valence-corrected chi connectivity index (χ0v) is 8.23. The molecular weight excluding hydrogens is 178 g/mol. The lowest BCUT2D eigenvalue weighted by Crippen LogP contribution is -2.43. The highest BCUT2D eigenvalue weighted by Gasteiger charge is 2.35. The van der Waals surface area contributed by atoms with Crippen LogP contribution in [0.4, 0.5) is 0 Å². The van der Waals surface area contributed by atoms with E-state index in [4.69, 9.17) is 9.84 Å². The van der Waals surface area contributed by atoms with Crippen LogP contribution in [0.2, 0.25) is 0 Å². The third-order valence-corrected chi connectivity index (χ3v) is 2.50. The summed E-state index contributed by atoms with van der Waals surface area (Å²) in [4.78, 5) is 0. The molecule has 76 valence electrons. The van der Waals surface area contributed by atoms with Crippen LogP contribution < -0.4 is 5.32 Å². The molecule has 14 heavy (non-hydrogen) atoms. The average molecular weight is 193 g/mol. The topological polar surface area (TPSA) is 41.5 Å². The Morgan fingerprint density at radius 1 is 1.50 bits per heavy atom. The Hall–Kier alpha value is -0.900. The molecule has 0 bridgehead atoms. The maximum atomic E-state index is 9.15. The maximum absolute atomic E-state index is 9.15. The minimum absolute atomic E-state index is 0.0895. The Labute approximate surface area is 83.7 Å². The van der Waals surface area contributed by atoms with E-state index < -0.39 is 0 Å². The normalized spacial score (nSPS) is 32.0. The molecule has 1 aliphatic heterocycles. The summed E-state index contributed by atoms with van der Waals surface area (Å²) < 4.78 is 5.57. The zero-order chi connectivity index (χ0) is 10.0. The number of aliphatic hydroxyl groups is 1. The van der Waals surface area contributed by atoms with Crippen LogP contribution >= 0.6 is 0 Å². The molecule has 1 aliphatic rings. The number of rotatable bonds is 2. The van der Waals surface area contributed by atoms with Crippen molar-refractivity contribution < 1.29 is 9.84 Å². The molecule has 1 aromatic carbocycles. The lowest BCUT2D eigenvalue weighted by molar-refractivity contribution is 0.0942. The molecule has 1 heterocycles. The smallest absolute Gasteiger partial charge is 0.134 e. The van der Waals surface area contributed by atoms with Gasteiger partial charge in [-0.3, -0.25) is 5.32 Å². The van der Waals surface area contributed by atoms with Crippen molar-refractivity contribution in [1.82, 2.24) is 5.32 Å². The van der Waals surface area contributed by atoms with Gasteiger partial charge in [-0.2, -0.15) is 0 Å². The van der Waals surface area contributed by atoms with E-state index in [2.05, 4.69) is 5.32 Å². The van der Waals surface area contributed by atoms with Crippen molar-refractivity contribution in [3.63, 3.8) is 0 Å². The summed E-state index contributed by atoms with van der Waals surface area (Å²) in [7, 11) is 0. The van der Waals surface area contributed by atoms with E-state index in [0.29, 0.717) is 6.61 Å². The Balaban J connectivity index is 2.10. The second-order valence-corrected chi connectivity index (χ2v) is 3.96. The van der Waals surface area contributed by atoms with Gasteiger partial charge in [0.25, 0.3) is 0 Å². The van der Waals surface area contributed by atoms with Gasteiger partial charge in [0, 0.05) is 0 Å². The average Bonchev–Trinajstić information content (AvgIpc) is 2.63. The van der Waals surface area contributed by atoms with Crippen LogP contribution in [0.15, 0.2) is 30.3 Å². The fourth-order valence-electron chi connectivity index (χ4n) is 1.57. The van der Waals surface area contributed by atoms with Gasteiger partial charge in [-0.05, 0) is 12.5 Å². The van der Waals surface area contributed by atoms with Gasteiger partial charge in [-0.25, -0.2) is 0 Å². The van der Waals surface area contributed by atoms with Crippen molar-refractivity contribution >= 4 is 0 Å². The third-order valence-electron chi connectivity index (χ3n) is 2.50. The highest BCUT2D eigenvalue weighted by molar-refractivity contribution is 5.18. The highest BCUT2D eigenvalue weighted by Crippen LogP contribution is 2.25. The predicted molar refractivity (Wildman–Crippen MR) is 53.8 cm³/mol. The standard InChI is InChI=1S/C11H15NO2/c1-11(7-13)8-14-10(12-11)9-5-3-2-4-6-9/h2-6,10,12-13H,7-8H2,1H3/t10?,11-/m0/s1. The van der Waals surface area contributed by atoms with Crippen LogP contribution in [0.5, 0.6) is 0 Å². The molecule has 0 aromatic heterocycles. The molecule has 0 aliphatic carbocycles. The van der Waals surface area contributed by atoms with Crippen LogP contribution in [0.3, 0.4) is 0 Å². The van der Waals surface area contributed by atoms with Crippen molar-refractivity contribution in [2.75, 3.05) is 13.2 Å². The van der Waals surface area contributed by atoms with E-state index in [1.54, 1.807) is 0 Å². The summed E-state index contributed by atoms with van der Waals surface area (Å²) >= 11 is 0. The molecule has 1 aromatic rings. The number of ether oxygens (including phenoxy) is 1. The maximum Gasteiger partial charge on any atom is 0.134 e. The minimum atomic E-state index is -0.305. The number of aliphatic hydroxyl groups excluding tert-OH is 1. The minimum Gasteiger partial charge on any atom is -0.394 e. The first-order valence-electron chi connectivity index (χ1n) is 4.79. The Morgan fingerprint density at radius 2 is 2.21 bits per heavy atom. The summed E-state index contributed by atoms with van der Waals surface area (Å²) in [6.45, 7) is 2.59. The Kier molecular flexibility index (Phi) is 2.54. The van der Waals surface area contributed by atoms with Crippen molar-refractivity contribution in [2.24, 2.45) is 0 Å². The molecule has 1 saturated heterocycles. The van der Waals surface area contributed by atoms with Crippen LogP contribution in [0, 0.1) is 0 Å². The monoisotopic (exact) mass is 193 g/mol. The molecule has 3 heteroatoms. The van der Waals surface area contributed by atoms with Gasteiger partial charge in [-0.15, -0.1) is 0 Å². The van der Waals surface area contributed by atoms with Crippen LogP contribution in [-0.4, -0.2) is 23.9 Å². The molecule has 3 nitrogen and oxygen atoms in total. The molecule has 0 spiro atoms. The Bertz CT molecular complexity index is 301. The van der Waals surface area contributed by atoms with E-state index in [0.717, 1.165) is 5.56 Å². The van der Waals surface area contributed by atoms with Gasteiger partial charge in [0.05, 0.1) is 18.8 Å². The lowest BCUT2D eigenvalue weighted by Gasteiger charge is -2.20. The largest absolute Gasteiger partial charge is 0.394 e. The van der Waals surface area contributed by atoms with E-state index in [9.17, 15) is 0 Å². The molecule has 0 amide bonds. The molecule has 0 saturated carbocycles. The number of hydrogen-bond acceptors (Lipinski definition) is 3.